The molecule has 0 fully saturated rings. The number of nitrogens with one attached hydrogen (secondary N) is 1. The van der Waals surface area contributed by atoms with E-state index in [4.69, 9.17) is 6.42 Å². The second-order valence-electron chi connectivity index (χ2n) is 9.81. The van der Waals surface area contributed by atoms with Crippen molar-refractivity contribution in [2.75, 3.05) is 7.05 Å². The fourth-order valence-corrected chi connectivity index (χ4v) is 5.74. The molecule has 1 aromatic carbocycles. The number of aromatic nitrogens is 1. The second kappa shape index (κ2) is 21.1. The Kier molecular flexibility index (Phi) is 18.9. The van der Waals surface area contributed by atoms with Crippen molar-refractivity contribution in [2.45, 2.75) is 91.2 Å². The van der Waals surface area contributed by atoms with Gasteiger partial charge in [0.25, 0.3) is 0 Å². The summed E-state index contributed by atoms with van der Waals surface area (Å²) < 4.78 is 57.8. The van der Waals surface area contributed by atoms with Gasteiger partial charge in [-0.2, -0.15) is 13.2 Å². The molecule has 1 aliphatic carbocycles. The molecule has 1 atom stereocenters. The summed E-state index contributed by atoms with van der Waals surface area (Å²) in [5, 5.41) is 9.07. The maximum Gasteiger partial charge on any atom is 0.406 e. The van der Waals surface area contributed by atoms with E-state index in [1.165, 1.54) is 23.0 Å². The fourth-order valence-electron chi connectivity index (χ4n) is 4.78. The molecule has 2 aromatic heterocycles. The van der Waals surface area contributed by atoms with Crippen LogP contribution in [0.3, 0.4) is 0 Å². The summed E-state index contributed by atoms with van der Waals surface area (Å²) in [7, 11) is 1.50. The maximum absolute atomic E-state index is 15.2. The summed E-state index contributed by atoms with van der Waals surface area (Å²) in [6.07, 6.45) is 7.61. The van der Waals surface area contributed by atoms with Crippen LogP contribution in [0, 0.1) is 12.3 Å². The topological polar surface area (TPSA) is 57.1 Å². The van der Waals surface area contributed by atoms with Crippen LogP contribution in [-0.2, 0) is 34.2 Å². The number of nitrogens with two attached hydrogens (primary N) is 1. The molecular weight excluding hydrogens is 768 g/mol. The first-order valence-corrected chi connectivity index (χ1v) is 16.0. The zero-order valence-corrected chi connectivity index (χ0v) is 30.3. The van der Waals surface area contributed by atoms with Crippen LogP contribution >= 0.6 is 11.3 Å². The molecule has 10 heteroatoms. The molecule has 4 nitrogen and oxygen atoms in total. The number of nitrogens with zero attached hydrogens (tertiary/aromatic N) is 2. The first-order chi connectivity index (χ1) is 21.3. The predicted molar refractivity (Wildman–Crippen MR) is 178 cm³/mol. The van der Waals surface area contributed by atoms with E-state index in [1.54, 1.807) is 12.1 Å². The van der Waals surface area contributed by atoms with Crippen LogP contribution in [-0.4, -0.2) is 24.0 Å². The maximum atomic E-state index is 15.2. The molecule has 0 spiro atoms. The first-order valence-electron chi connectivity index (χ1n) is 15.2. The van der Waals surface area contributed by atoms with Crippen LogP contribution in [0.4, 0.5) is 23.2 Å². The Labute approximate surface area is 284 Å². The van der Waals surface area contributed by atoms with E-state index < -0.39 is 18.9 Å². The molecule has 0 aliphatic heterocycles. The SMILES string of the molecule is C#CCCC=C(NC1=c2cc(-c3ccc(C[N-]c4ccccc4)s3)n(CC(F)(F)F)c2=CCC1)C(F)CCCC.CC.CN.[W]. The van der Waals surface area contributed by atoms with Gasteiger partial charge in [-0.1, -0.05) is 82.6 Å². The minimum absolute atomic E-state index is 0. The Morgan fingerprint density at radius 1 is 1.18 bits per heavy atom. The third-order valence-corrected chi connectivity index (χ3v) is 7.81. The molecule has 3 aromatic rings. The number of fused-ring (bicyclic) bond motifs is 1. The van der Waals surface area contributed by atoms with Gasteiger partial charge in [-0.3, -0.25) is 0 Å². The van der Waals surface area contributed by atoms with E-state index in [2.05, 4.69) is 22.3 Å². The number of hydrogen-bond acceptors (Lipinski definition) is 3. The normalized spacial score (nSPS) is 13.0. The van der Waals surface area contributed by atoms with Gasteiger partial charge in [0, 0.05) is 49.4 Å². The van der Waals surface area contributed by atoms with Gasteiger partial charge in [0.15, 0.2) is 0 Å². The summed E-state index contributed by atoms with van der Waals surface area (Å²) in [6.45, 7) is 5.35. The number of rotatable bonds is 13. The molecule has 0 amide bonds. The number of para-hydroxylation sites is 1. The number of hydrogen-bond donors (Lipinski definition) is 2. The molecule has 0 radical (unpaired) electrons. The molecule has 3 N–H and O–H groups in total. The molecule has 45 heavy (non-hydrogen) atoms. The molecule has 4 rings (SSSR count). The van der Waals surface area contributed by atoms with Crippen molar-refractivity contribution < 1.29 is 38.6 Å². The number of thiophene rings is 1. The smallest absolute Gasteiger partial charge is 0.406 e. The predicted octanol–water partition coefficient (Wildman–Crippen LogP) is 8.68. The molecule has 1 aliphatic rings. The zero-order valence-electron chi connectivity index (χ0n) is 26.6. The Hall–Kier alpha value is -2.79. The number of benzene rings is 1. The van der Waals surface area contributed by atoms with Crippen LogP contribution < -0.4 is 21.6 Å². The van der Waals surface area contributed by atoms with Gasteiger partial charge in [-0.05, 0) is 55.8 Å². The minimum Gasteiger partial charge on any atom is -0.680 e. The van der Waals surface area contributed by atoms with Gasteiger partial charge in [-0.15, -0.1) is 29.4 Å². The Morgan fingerprint density at radius 2 is 1.89 bits per heavy atom. The largest absolute Gasteiger partial charge is 0.680 e. The van der Waals surface area contributed by atoms with Crippen LogP contribution in [0.2, 0.25) is 0 Å². The van der Waals surface area contributed by atoms with Crippen LogP contribution in [0.25, 0.3) is 27.7 Å². The molecule has 0 saturated heterocycles. The summed E-state index contributed by atoms with van der Waals surface area (Å²) in [6, 6.07) is 15.2. The van der Waals surface area contributed by atoms with Gasteiger partial charge in [0.1, 0.15) is 12.7 Å². The summed E-state index contributed by atoms with van der Waals surface area (Å²) in [4.78, 5) is 1.69. The Morgan fingerprint density at radius 3 is 2.53 bits per heavy atom. The van der Waals surface area contributed by atoms with E-state index in [0.29, 0.717) is 60.6 Å². The summed E-state index contributed by atoms with van der Waals surface area (Å²) in [5.74, 6) is 2.57. The molecule has 0 bridgehead atoms. The number of allylic oxidation sites excluding steroid dienone is 2. The quantitative estimate of drug-likeness (QED) is 0.103. The number of alkyl halides is 4. The number of halogens is 4. The molecule has 0 saturated carbocycles. The molecule has 1 unspecified atom stereocenters. The first kappa shape index (κ1) is 40.2. The van der Waals surface area contributed by atoms with E-state index in [9.17, 15) is 13.2 Å². The summed E-state index contributed by atoms with van der Waals surface area (Å²) in [5.41, 5.74) is 7.03. The van der Waals surface area contributed by atoms with Crippen LogP contribution in [0.5, 0.6) is 0 Å². The fraction of sp³-hybridized carbons (Fsp3) is 0.429. The van der Waals surface area contributed by atoms with Crippen LogP contribution in [0.15, 0.2) is 60.3 Å². The molecule has 246 valence electrons. The Balaban J connectivity index is 0.00000195. The van der Waals surface area contributed by atoms with Crippen molar-refractivity contribution in [1.29, 1.82) is 0 Å². The van der Waals surface area contributed by atoms with Crippen molar-refractivity contribution in [3.63, 3.8) is 0 Å². The van der Waals surface area contributed by atoms with Gasteiger partial charge in [0.2, 0.25) is 0 Å². The Bertz CT molecular complexity index is 1470. The third-order valence-electron chi connectivity index (χ3n) is 6.72. The van der Waals surface area contributed by atoms with Gasteiger partial charge < -0.3 is 20.9 Å². The van der Waals surface area contributed by atoms with Gasteiger partial charge >= 0.3 is 6.18 Å². The summed E-state index contributed by atoms with van der Waals surface area (Å²) >= 11 is 1.44. The average Bonchev–Trinajstić information content (AvgIpc) is 3.65. The molecular formula is C35H45F4N4SW-. The number of unbranched alkanes of at least 4 members (excludes halogenated alkanes) is 2. The van der Waals surface area contributed by atoms with Crippen molar-refractivity contribution in [3.05, 3.63) is 81.1 Å². The van der Waals surface area contributed by atoms with E-state index in [-0.39, 0.29) is 21.1 Å². The third kappa shape index (κ3) is 12.5. The van der Waals surface area contributed by atoms with Crippen molar-refractivity contribution >= 4 is 28.8 Å². The van der Waals surface area contributed by atoms with Crippen molar-refractivity contribution in [3.8, 4) is 22.9 Å². The van der Waals surface area contributed by atoms with Crippen molar-refractivity contribution in [1.82, 2.24) is 9.88 Å². The zero-order chi connectivity index (χ0) is 32.5. The average molecular weight is 814 g/mol. The molecule has 2 heterocycles. The van der Waals surface area contributed by atoms with E-state index in [1.807, 2.05) is 69.3 Å². The van der Waals surface area contributed by atoms with Gasteiger partial charge in [-0.25, -0.2) is 4.39 Å². The van der Waals surface area contributed by atoms with E-state index >= 15 is 4.39 Å². The monoisotopic (exact) mass is 813 g/mol. The second-order valence-corrected chi connectivity index (χ2v) is 11.0. The standard InChI is InChI=1S/C32H34F4N3S.C2H6.CH5N.W/c1-3-5-8-15-28(26(33)14-6-4-2)38-27-16-11-17-29-25(27)20-30(39(29)22-32(34,35)36)31-19-18-24(40-31)21-37-23-12-9-7-10-13-23;2*1-2;/h1,7,9-10,12-13,15,17-20,26,38H,4-6,8,11,14,16,21-22H2,2H3;1-2H3;2H2,1H3;/q-1;;;. The minimum atomic E-state index is -4.40. The number of terminal acetylenes is 1. The van der Waals surface area contributed by atoms with E-state index in [0.717, 1.165) is 34.0 Å². The van der Waals surface area contributed by atoms with Crippen LogP contribution in [0.1, 0.15) is 70.6 Å². The van der Waals surface area contributed by atoms with Gasteiger partial charge in [0.05, 0.1) is 10.6 Å². The van der Waals surface area contributed by atoms with Crippen molar-refractivity contribution in [2.24, 2.45) is 5.73 Å².